The van der Waals surface area contributed by atoms with Crippen LogP contribution in [-0.2, 0) is 4.74 Å². The van der Waals surface area contributed by atoms with E-state index in [9.17, 15) is 0 Å². The zero-order chi connectivity index (χ0) is 14.7. The maximum absolute atomic E-state index is 6.27. The third kappa shape index (κ3) is 3.47. The lowest BCUT2D eigenvalue weighted by Gasteiger charge is -2.44. The highest BCUT2D eigenvalue weighted by molar-refractivity contribution is 4.97. The Morgan fingerprint density at radius 3 is 2.62 bits per heavy atom. The van der Waals surface area contributed by atoms with Gasteiger partial charge >= 0.3 is 0 Å². The topological polar surface area (TPSA) is 21.3 Å². The molecule has 3 fully saturated rings. The second-order valence-corrected chi connectivity index (χ2v) is 8.04. The van der Waals surface area contributed by atoms with Crippen LogP contribution in [0.3, 0.4) is 0 Å². The highest BCUT2D eigenvalue weighted by atomic mass is 16.5. The maximum Gasteiger partial charge on any atom is 0.0685 e. The van der Waals surface area contributed by atoms with Crippen LogP contribution in [0.4, 0.5) is 0 Å². The molecule has 1 heterocycles. The first-order chi connectivity index (χ1) is 10.2. The maximum atomic E-state index is 6.27. The van der Waals surface area contributed by atoms with Gasteiger partial charge in [-0.15, -0.1) is 0 Å². The van der Waals surface area contributed by atoms with Crippen LogP contribution in [0.2, 0.25) is 0 Å². The van der Waals surface area contributed by atoms with Crippen molar-refractivity contribution in [3.8, 4) is 0 Å². The van der Waals surface area contributed by atoms with Crippen molar-refractivity contribution in [1.29, 1.82) is 0 Å². The molecule has 1 N–H and O–H groups in total. The monoisotopic (exact) mass is 293 g/mol. The summed E-state index contributed by atoms with van der Waals surface area (Å²) in [5.41, 5.74) is 0.275. The van der Waals surface area contributed by atoms with Crippen molar-refractivity contribution >= 4 is 0 Å². The molecule has 4 atom stereocenters. The van der Waals surface area contributed by atoms with Gasteiger partial charge in [-0.25, -0.2) is 0 Å². The minimum Gasteiger partial charge on any atom is -0.375 e. The van der Waals surface area contributed by atoms with E-state index in [2.05, 4.69) is 19.2 Å². The molecule has 122 valence electrons. The standard InChI is InChI=1S/C19H35NO/c1-3-12-20-18(17-8-6-7-15(17)2)16-9-13-21-19(14-16)10-4-5-11-19/h15-18,20H,3-14H2,1-2H3. The van der Waals surface area contributed by atoms with Crippen LogP contribution in [0.5, 0.6) is 0 Å². The molecule has 4 unspecified atom stereocenters. The minimum atomic E-state index is 0.275. The number of hydrogen-bond donors (Lipinski definition) is 1. The Morgan fingerprint density at radius 1 is 1.14 bits per heavy atom. The highest BCUT2D eigenvalue weighted by Gasteiger charge is 2.44. The number of nitrogens with one attached hydrogen (secondary N) is 1. The Labute approximate surface area is 131 Å². The van der Waals surface area contributed by atoms with Gasteiger partial charge in [-0.1, -0.05) is 39.5 Å². The van der Waals surface area contributed by atoms with E-state index in [1.165, 1.54) is 70.8 Å². The third-order valence-electron chi connectivity index (χ3n) is 6.57. The molecular weight excluding hydrogens is 258 g/mol. The van der Waals surface area contributed by atoms with E-state index in [1.54, 1.807) is 0 Å². The Hall–Kier alpha value is -0.0800. The Bertz CT molecular complexity index is 324. The van der Waals surface area contributed by atoms with Crippen LogP contribution < -0.4 is 5.32 Å². The number of ether oxygens (including phenoxy) is 1. The molecule has 21 heavy (non-hydrogen) atoms. The lowest BCUT2D eigenvalue weighted by Crippen LogP contribution is -2.49. The minimum absolute atomic E-state index is 0.275. The normalized spacial score (nSPS) is 37.1. The molecule has 2 heteroatoms. The van der Waals surface area contributed by atoms with Gasteiger partial charge in [0.05, 0.1) is 5.60 Å². The summed E-state index contributed by atoms with van der Waals surface area (Å²) in [5, 5.41) is 3.96. The van der Waals surface area contributed by atoms with Crippen LogP contribution in [0.1, 0.15) is 78.1 Å². The second-order valence-electron chi connectivity index (χ2n) is 8.04. The summed E-state index contributed by atoms with van der Waals surface area (Å²) < 4.78 is 6.27. The molecule has 3 rings (SSSR count). The van der Waals surface area contributed by atoms with Gasteiger partial charge in [-0.2, -0.15) is 0 Å². The summed E-state index contributed by atoms with van der Waals surface area (Å²) in [4.78, 5) is 0. The van der Waals surface area contributed by atoms with Gasteiger partial charge in [0, 0.05) is 12.6 Å². The Kier molecular flexibility index (Phi) is 5.27. The van der Waals surface area contributed by atoms with E-state index < -0.39 is 0 Å². The molecular formula is C19H35NO. The van der Waals surface area contributed by atoms with E-state index in [4.69, 9.17) is 4.74 Å². The number of hydrogen-bond acceptors (Lipinski definition) is 2. The van der Waals surface area contributed by atoms with E-state index in [1.807, 2.05) is 0 Å². The van der Waals surface area contributed by atoms with Gasteiger partial charge in [0.15, 0.2) is 0 Å². The van der Waals surface area contributed by atoms with Crippen molar-refractivity contribution < 1.29 is 4.74 Å². The molecule has 0 aromatic heterocycles. The molecule has 0 radical (unpaired) electrons. The summed E-state index contributed by atoms with van der Waals surface area (Å²) in [6.45, 7) is 6.99. The van der Waals surface area contributed by atoms with Gasteiger partial charge in [0.2, 0.25) is 0 Å². The van der Waals surface area contributed by atoms with Crippen molar-refractivity contribution in [3.63, 3.8) is 0 Å². The van der Waals surface area contributed by atoms with Gasteiger partial charge in [-0.05, 0) is 62.8 Å². The molecule has 2 saturated carbocycles. The summed E-state index contributed by atoms with van der Waals surface area (Å²) in [6, 6.07) is 0.754. The quantitative estimate of drug-likeness (QED) is 0.804. The van der Waals surface area contributed by atoms with Crippen LogP contribution >= 0.6 is 0 Å². The predicted octanol–water partition coefficient (Wildman–Crippen LogP) is 4.53. The van der Waals surface area contributed by atoms with Crippen molar-refractivity contribution in [2.75, 3.05) is 13.2 Å². The fourth-order valence-corrected chi connectivity index (χ4v) is 5.43. The third-order valence-corrected chi connectivity index (χ3v) is 6.57. The van der Waals surface area contributed by atoms with Gasteiger partial charge in [0.1, 0.15) is 0 Å². The van der Waals surface area contributed by atoms with E-state index >= 15 is 0 Å². The fourth-order valence-electron chi connectivity index (χ4n) is 5.43. The van der Waals surface area contributed by atoms with Gasteiger partial charge in [-0.3, -0.25) is 0 Å². The van der Waals surface area contributed by atoms with Crippen molar-refractivity contribution in [2.45, 2.75) is 89.7 Å². The molecule has 0 aromatic carbocycles. The Balaban J connectivity index is 1.69. The molecule has 1 spiro atoms. The zero-order valence-corrected chi connectivity index (χ0v) is 14.2. The van der Waals surface area contributed by atoms with Crippen LogP contribution in [0, 0.1) is 17.8 Å². The molecule has 3 aliphatic rings. The van der Waals surface area contributed by atoms with Crippen molar-refractivity contribution in [3.05, 3.63) is 0 Å². The van der Waals surface area contributed by atoms with Crippen LogP contribution in [0.15, 0.2) is 0 Å². The smallest absolute Gasteiger partial charge is 0.0685 e. The molecule has 0 bridgehead atoms. The van der Waals surface area contributed by atoms with Gasteiger partial charge in [0.25, 0.3) is 0 Å². The lowest BCUT2D eigenvalue weighted by atomic mass is 9.74. The lowest BCUT2D eigenvalue weighted by molar-refractivity contribution is -0.102. The van der Waals surface area contributed by atoms with Crippen molar-refractivity contribution in [1.82, 2.24) is 5.32 Å². The summed E-state index contributed by atoms with van der Waals surface area (Å²) in [7, 11) is 0. The molecule has 0 amide bonds. The molecule has 2 aliphatic carbocycles. The first-order valence-electron chi connectivity index (χ1n) is 9.61. The first-order valence-corrected chi connectivity index (χ1v) is 9.61. The second kappa shape index (κ2) is 7.00. The first kappa shape index (κ1) is 15.8. The largest absolute Gasteiger partial charge is 0.375 e. The summed E-state index contributed by atoms with van der Waals surface area (Å²) >= 11 is 0. The fraction of sp³-hybridized carbons (Fsp3) is 1.00. The predicted molar refractivity (Wildman–Crippen MR) is 88.5 cm³/mol. The average molecular weight is 293 g/mol. The van der Waals surface area contributed by atoms with E-state index in [0.717, 1.165) is 30.4 Å². The summed E-state index contributed by atoms with van der Waals surface area (Å²) in [5.74, 6) is 2.69. The summed E-state index contributed by atoms with van der Waals surface area (Å²) in [6.07, 6.45) is 13.6. The van der Waals surface area contributed by atoms with Crippen LogP contribution in [-0.4, -0.2) is 24.8 Å². The SMILES string of the molecule is CCCNC(C1CCOC2(CCCC2)C1)C1CCCC1C. The molecule has 0 aromatic rings. The number of rotatable bonds is 5. The molecule has 1 saturated heterocycles. The van der Waals surface area contributed by atoms with E-state index in [0.29, 0.717) is 0 Å². The molecule has 2 nitrogen and oxygen atoms in total. The highest BCUT2D eigenvalue weighted by Crippen LogP contribution is 2.46. The molecule has 1 aliphatic heterocycles. The average Bonchev–Trinajstić information content (AvgIpc) is 3.10. The van der Waals surface area contributed by atoms with E-state index in [-0.39, 0.29) is 5.60 Å². The zero-order valence-electron chi connectivity index (χ0n) is 14.2. The Morgan fingerprint density at radius 2 is 1.95 bits per heavy atom. The van der Waals surface area contributed by atoms with Crippen LogP contribution in [0.25, 0.3) is 0 Å². The van der Waals surface area contributed by atoms with Crippen molar-refractivity contribution in [2.24, 2.45) is 17.8 Å². The van der Waals surface area contributed by atoms with Gasteiger partial charge < -0.3 is 10.1 Å².